The van der Waals surface area contributed by atoms with Gasteiger partial charge in [-0.25, -0.2) is 5.01 Å². The fraction of sp³-hybridized carbons (Fsp3) is 0.238. The van der Waals surface area contributed by atoms with E-state index in [1.807, 2.05) is 49.9 Å². The number of nitrogens with zero attached hydrogens (tertiary/aromatic N) is 2. The monoisotopic (exact) mass is 405 g/mol. The number of benzene rings is 2. The topological polar surface area (TPSA) is 70.2 Å². The molecule has 154 valence electrons. The first-order valence-corrected chi connectivity index (χ1v) is 8.97. The molecule has 5 nitrogen and oxygen atoms in total. The van der Waals surface area contributed by atoms with Gasteiger partial charge in [-0.15, -0.1) is 0 Å². The number of aliphatic hydroxyl groups is 1. The Morgan fingerprint density at radius 2 is 1.55 bits per heavy atom. The fourth-order valence-electron chi connectivity index (χ4n) is 3.80. The van der Waals surface area contributed by atoms with Crippen molar-refractivity contribution < 1.29 is 23.8 Å². The number of nitrogens with one attached hydrogen (secondary N) is 1. The average Bonchev–Trinajstić information content (AvgIpc) is 2.99. The lowest BCUT2D eigenvalue weighted by Gasteiger charge is -2.33. The summed E-state index contributed by atoms with van der Waals surface area (Å²) in [7, 11) is 0. The summed E-state index contributed by atoms with van der Waals surface area (Å²) in [5.74, 6) is -0.0442. The second-order valence-electron chi connectivity index (χ2n) is 7.13. The van der Waals surface area contributed by atoms with Crippen molar-refractivity contribution in [2.45, 2.75) is 33.0 Å². The van der Waals surface area contributed by atoms with Gasteiger partial charge in [0, 0.05) is 22.2 Å². The smallest absolute Gasteiger partial charge is 0.416 e. The minimum atomic E-state index is -4.40. The molecule has 2 aromatic rings. The van der Waals surface area contributed by atoms with E-state index in [4.69, 9.17) is 0 Å². The Labute approximate surface area is 166 Å². The second-order valence-corrected chi connectivity index (χ2v) is 7.13. The number of fused-ring (bicyclic) bond motifs is 2. The van der Waals surface area contributed by atoms with Crippen LogP contribution in [0.15, 0.2) is 60.1 Å². The van der Waals surface area contributed by atoms with Gasteiger partial charge in [-0.2, -0.15) is 13.2 Å². The molecule has 29 heavy (non-hydrogen) atoms. The predicted molar refractivity (Wildman–Crippen MR) is 105 cm³/mol. The van der Waals surface area contributed by atoms with Crippen LogP contribution >= 0.6 is 0 Å². The molecule has 0 amide bonds. The third-order valence-corrected chi connectivity index (χ3v) is 5.04. The van der Waals surface area contributed by atoms with E-state index >= 15 is 0 Å². The van der Waals surface area contributed by atoms with Crippen molar-refractivity contribution in [3.8, 4) is 0 Å². The summed E-state index contributed by atoms with van der Waals surface area (Å²) in [5.41, 5.74) is 5.21. The Hall–Kier alpha value is -3.13. The first kappa shape index (κ1) is 20.6. The van der Waals surface area contributed by atoms with Crippen LogP contribution in [0.3, 0.4) is 0 Å². The highest BCUT2D eigenvalue weighted by Crippen LogP contribution is 2.36. The van der Waals surface area contributed by atoms with Gasteiger partial charge in [0.25, 0.3) is 0 Å². The van der Waals surface area contributed by atoms with Crippen LogP contribution in [0.2, 0.25) is 0 Å². The molecule has 0 saturated carbocycles. The normalized spacial score (nSPS) is 16.0. The van der Waals surface area contributed by atoms with E-state index in [1.165, 1.54) is 17.1 Å². The van der Waals surface area contributed by atoms with E-state index in [0.29, 0.717) is 11.4 Å². The lowest BCUT2D eigenvalue weighted by atomic mass is 10.0. The molecule has 0 fully saturated rings. The first-order chi connectivity index (χ1) is 13.2. The fourth-order valence-corrected chi connectivity index (χ4v) is 3.80. The van der Waals surface area contributed by atoms with Crippen LogP contribution in [0.4, 0.5) is 18.9 Å². The van der Waals surface area contributed by atoms with E-state index in [1.54, 1.807) is 0 Å². The average molecular weight is 405 g/mol. The molecule has 4 N–H and O–H groups in total. The number of hydrogen-bond acceptors (Lipinski definition) is 4. The lowest BCUT2D eigenvalue weighted by Crippen LogP contribution is -2.45. The maximum absolute atomic E-state index is 12.9. The maximum atomic E-state index is 12.9. The molecule has 4 rings (SSSR count). The van der Waals surface area contributed by atoms with Crippen LogP contribution in [0.1, 0.15) is 26.3 Å². The van der Waals surface area contributed by atoms with Gasteiger partial charge >= 0.3 is 6.18 Å². The number of rotatable bonds is 2. The van der Waals surface area contributed by atoms with Crippen molar-refractivity contribution in [2.75, 3.05) is 5.01 Å². The summed E-state index contributed by atoms with van der Waals surface area (Å²) in [6.07, 6.45) is -4.40. The van der Waals surface area contributed by atoms with Gasteiger partial charge in [0.1, 0.15) is 5.70 Å². The Bertz CT molecular complexity index is 1090. The molecule has 2 aliphatic heterocycles. The molecule has 8 heteroatoms. The van der Waals surface area contributed by atoms with E-state index < -0.39 is 11.7 Å². The number of aliphatic hydroxyl groups excluding tert-OH is 1. The molecule has 2 aliphatic rings. The largest absolute Gasteiger partial charge is 0.492 e. The Morgan fingerprint density at radius 1 is 0.966 bits per heavy atom. The molecule has 0 atom stereocenters. The van der Waals surface area contributed by atoms with Gasteiger partial charge in [0.05, 0.1) is 16.9 Å². The molecular formula is C21H22F3N3O2. The lowest BCUT2D eigenvalue weighted by molar-refractivity contribution is -0.137. The molecule has 0 radical (unpaired) electrons. The van der Waals surface area contributed by atoms with Crippen LogP contribution in [0.25, 0.3) is 11.4 Å². The minimum Gasteiger partial charge on any atom is -0.492 e. The quantitative estimate of drug-likeness (QED) is 0.806. The number of alkyl halides is 3. The number of hydrazine groups is 1. The second kappa shape index (κ2) is 7.04. The molecule has 2 heterocycles. The molecule has 0 unspecified atom stereocenters. The Balaban J connectivity index is 0.00000240. The van der Waals surface area contributed by atoms with E-state index in [2.05, 4.69) is 5.43 Å². The van der Waals surface area contributed by atoms with Crippen molar-refractivity contribution in [1.29, 1.82) is 0 Å². The van der Waals surface area contributed by atoms with Crippen LogP contribution < -0.4 is 20.9 Å². The molecular weight excluding hydrogens is 383 g/mol. The summed E-state index contributed by atoms with van der Waals surface area (Å²) in [4.78, 5) is 2.03. The van der Waals surface area contributed by atoms with E-state index in [-0.39, 0.29) is 17.4 Å². The zero-order valence-corrected chi connectivity index (χ0v) is 16.2. The van der Waals surface area contributed by atoms with Crippen LogP contribution in [-0.2, 0) is 6.18 Å². The number of halogens is 3. The zero-order chi connectivity index (χ0) is 20.2. The van der Waals surface area contributed by atoms with E-state index in [9.17, 15) is 18.3 Å². The van der Waals surface area contributed by atoms with Crippen molar-refractivity contribution in [1.82, 2.24) is 10.3 Å². The summed E-state index contributed by atoms with van der Waals surface area (Å²) in [5, 5.41) is 14.4. The highest BCUT2D eigenvalue weighted by Gasteiger charge is 2.36. The number of anilines is 1. The number of hydrogen-bond donors (Lipinski definition) is 2. The molecule has 2 aromatic carbocycles. The summed E-state index contributed by atoms with van der Waals surface area (Å²) in [6, 6.07) is 12.6. The standard InChI is InChI=1S/C21H20F3N3O.H2O/c1-12(2)26-13(3)16-6-4-5-7-17(16)18-19(26)20(28)27(25-18)15-10-8-14(9-11-15)21(22,23)24;/h4-12,25,28H,1-3H3;1H2. The summed E-state index contributed by atoms with van der Waals surface area (Å²) in [6.45, 7) is 6.04. The van der Waals surface area contributed by atoms with Crippen LogP contribution in [-0.4, -0.2) is 21.5 Å². The summed E-state index contributed by atoms with van der Waals surface area (Å²) >= 11 is 0. The van der Waals surface area contributed by atoms with Gasteiger partial charge in [-0.05, 0) is 45.0 Å². The Morgan fingerprint density at radius 3 is 2.10 bits per heavy atom. The molecule has 0 aromatic heterocycles. The summed E-state index contributed by atoms with van der Waals surface area (Å²) < 4.78 is 38.6. The molecule has 0 aliphatic carbocycles. The molecule has 0 saturated heterocycles. The third kappa shape index (κ3) is 3.19. The van der Waals surface area contributed by atoms with Gasteiger partial charge in [-0.1, -0.05) is 24.3 Å². The Kier molecular flexibility index (Phi) is 5.00. The van der Waals surface area contributed by atoms with Crippen molar-refractivity contribution in [3.63, 3.8) is 0 Å². The SMILES string of the molecule is CC1=c2ccccc2=C2NN(c3ccc(C(F)(F)F)cc3)C(O)=C2N1C(C)C.O. The zero-order valence-electron chi connectivity index (χ0n) is 16.2. The van der Waals surface area contributed by atoms with Gasteiger partial charge < -0.3 is 15.5 Å². The highest BCUT2D eigenvalue weighted by atomic mass is 19.4. The van der Waals surface area contributed by atoms with Crippen molar-refractivity contribution in [3.05, 3.63) is 76.1 Å². The minimum absolute atomic E-state index is 0. The third-order valence-electron chi connectivity index (χ3n) is 5.04. The van der Waals surface area contributed by atoms with Crippen molar-refractivity contribution >= 4 is 17.1 Å². The first-order valence-electron chi connectivity index (χ1n) is 8.97. The van der Waals surface area contributed by atoms with Crippen molar-refractivity contribution in [2.24, 2.45) is 0 Å². The maximum Gasteiger partial charge on any atom is 0.416 e. The van der Waals surface area contributed by atoms with Gasteiger partial charge in [-0.3, -0.25) is 5.43 Å². The van der Waals surface area contributed by atoms with E-state index in [0.717, 1.165) is 34.0 Å². The van der Waals surface area contributed by atoms with Crippen LogP contribution in [0, 0.1) is 0 Å². The van der Waals surface area contributed by atoms with Gasteiger partial charge in [0.2, 0.25) is 5.88 Å². The van der Waals surface area contributed by atoms with Gasteiger partial charge in [0.15, 0.2) is 0 Å². The predicted octanol–water partition coefficient (Wildman–Crippen LogP) is 2.59. The molecule has 0 spiro atoms. The highest BCUT2D eigenvalue weighted by molar-refractivity contribution is 5.77. The van der Waals surface area contributed by atoms with Crippen LogP contribution in [0.5, 0.6) is 0 Å². The molecule has 0 bridgehead atoms.